The van der Waals surface area contributed by atoms with E-state index in [9.17, 15) is 14.4 Å². The molecule has 1 unspecified atom stereocenters. The Morgan fingerprint density at radius 2 is 0.506 bits per heavy atom. The number of allylic oxidation sites excluding steroid dienone is 32. The molecule has 77 heavy (non-hydrogen) atoms. The first-order valence-corrected chi connectivity index (χ1v) is 29.9. The Hall–Kier alpha value is -5.75. The zero-order chi connectivity index (χ0) is 55.7. The number of carbonyl (C=O) groups is 3. The third-order valence-corrected chi connectivity index (χ3v) is 11.6. The number of unbranched alkanes of at least 4 members (excludes halogenated alkanes) is 8. The molecule has 0 aromatic heterocycles. The van der Waals surface area contributed by atoms with Gasteiger partial charge in [-0.15, -0.1) is 0 Å². The van der Waals surface area contributed by atoms with E-state index in [1.807, 2.05) is 12.2 Å². The SMILES string of the molecule is CC/C=C\C/C=C\C/C=C\C/C=C\C/C=C\C/C=C\CCC(=O)OC(COC(=O)CCC/C=C\C/C=C\C/C=C\C/C=C\C/C=C\CC)COC(=O)CCCCCCCCC/C=C\C/C=C\C/C=C\C/C=C\C/C=C\CC. The number of esters is 3. The maximum absolute atomic E-state index is 12.9. The molecule has 0 aromatic carbocycles. The summed E-state index contributed by atoms with van der Waals surface area (Å²) in [5.74, 6) is -1.11. The van der Waals surface area contributed by atoms with Crippen molar-refractivity contribution >= 4 is 17.9 Å². The third kappa shape index (κ3) is 61.0. The number of ether oxygens (including phenoxy) is 3. The van der Waals surface area contributed by atoms with Crippen LogP contribution in [0.3, 0.4) is 0 Å². The van der Waals surface area contributed by atoms with Crippen molar-refractivity contribution in [3.8, 4) is 0 Å². The molecular formula is C71H106O6. The van der Waals surface area contributed by atoms with Crippen LogP contribution >= 0.6 is 0 Å². The number of carbonyl (C=O) groups excluding carboxylic acids is 3. The zero-order valence-electron chi connectivity index (χ0n) is 48.6. The molecule has 0 rings (SSSR count). The lowest BCUT2D eigenvalue weighted by atomic mass is 10.1. The molecule has 0 spiro atoms. The number of rotatable bonds is 51. The van der Waals surface area contributed by atoms with E-state index in [2.05, 4.69) is 203 Å². The fraction of sp³-hybridized carbons (Fsp3) is 0.507. The van der Waals surface area contributed by atoms with Crippen LogP contribution in [-0.4, -0.2) is 37.2 Å². The van der Waals surface area contributed by atoms with E-state index in [4.69, 9.17) is 14.2 Å². The van der Waals surface area contributed by atoms with E-state index >= 15 is 0 Å². The molecule has 1 atom stereocenters. The lowest BCUT2D eigenvalue weighted by molar-refractivity contribution is -0.166. The van der Waals surface area contributed by atoms with Gasteiger partial charge in [0.2, 0.25) is 0 Å². The predicted molar refractivity (Wildman–Crippen MR) is 334 cm³/mol. The first kappa shape index (κ1) is 71.2. The summed E-state index contributed by atoms with van der Waals surface area (Å²) in [4.78, 5) is 38.2. The Morgan fingerprint density at radius 1 is 0.260 bits per heavy atom. The predicted octanol–water partition coefficient (Wildman–Crippen LogP) is 20.6. The van der Waals surface area contributed by atoms with Gasteiger partial charge in [-0.05, 0) is 141 Å². The van der Waals surface area contributed by atoms with Crippen LogP contribution in [0.1, 0.15) is 213 Å². The Labute approximate surface area is 471 Å². The van der Waals surface area contributed by atoms with E-state index in [0.717, 1.165) is 141 Å². The number of hydrogen-bond acceptors (Lipinski definition) is 6. The molecule has 0 amide bonds. The molecule has 0 aromatic rings. The summed E-state index contributed by atoms with van der Waals surface area (Å²) in [6, 6.07) is 0. The molecular weight excluding hydrogens is 949 g/mol. The monoisotopic (exact) mass is 1050 g/mol. The Balaban J connectivity index is 4.63. The Morgan fingerprint density at radius 3 is 0.831 bits per heavy atom. The Bertz CT molecular complexity index is 1880. The average molecular weight is 1060 g/mol. The topological polar surface area (TPSA) is 78.9 Å². The highest BCUT2D eigenvalue weighted by Crippen LogP contribution is 2.12. The van der Waals surface area contributed by atoms with Crippen molar-refractivity contribution in [2.45, 2.75) is 219 Å². The molecule has 0 aliphatic rings. The summed E-state index contributed by atoms with van der Waals surface area (Å²) in [7, 11) is 0. The van der Waals surface area contributed by atoms with Gasteiger partial charge in [-0.1, -0.05) is 247 Å². The average Bonchev–Trinajstić information content (AvgIpc) is 3.43. The highest BCUT2D eigenvalue weighted by Gasteiger charge is 2.19. The van der Waals surface area contributed by atoms with Crippen LogP contribution in [0.4, 0.5) is 0 Å². The zero-order valence-corrected chi connectivity index (χ0v) is 48.6. The van der Waals surface area contributed by atoms with Crippen molar-refractivity contribution in [1.82, 2.24) is 0 Å². The van der Waals surface area contributed by atoms with Gasteiger partial charge in [-0.2, -0.15) is 0 Å². The summed E-state index contributed by atoms with van der Waals surface area (Å²) in [6.07, 6.45) is 95.8. The van der Waals surface area contributed by atoms with Crippen LogP contribution in [0, 0.1) is 0 Å². The van der Waals surface area contributed by atoms with E-state index < -0.39 is 12.1 Å². The van der Waals surface area contributed by atoms with Crippen LogP contribution < -0.4 is 0 Å². The van der Waals surface area contributed by atoms with Crippen LogP contribution in [0.5, 0.6) is 0 Å². The molecule has 0 heterocycles. The van der Waals surface area contributed by atoms with Gasteiger partial charge in [-0.25, -0.2) is 0 Å². The highest BCUT2D eigenvalue weighted by atomic mass is 16.6. The van der Waals surface area contributed by atoms with E-state index in [-0.39, 0.29) is 38.0 Å². The summed E-state index contributed by atoms with van der Waals surface area (Å²) >= 11 is 0. The van der Waals surface area contributed by atoms with Crippen LogP contribution in [0.15, 0.2) is 194 Å². The van der Waals surface area contributed by atoms with Gasteiger partial charge in [0.15, 0.2) is 6.10 Å². The minimum Gasteiger partial charge on any atom is -0.462 e. The van der Waals surface area contributed by atoms with Gasteiger partial charge in [0.25, 0.3) is 0 Å². The summed E-state index contributed by atoms with van der Waals surface area (Å²) in [5, 5.41) is 0. The molecule has 0 aliphatic carbocycles. The quantitative estimate of drug-likeness (QED) is 0.0261. The lowest BCUT2D eigenvalue weighted by Gasteiger charge is -2.18. The summed E-state index contributed by atoms with van der Waals surface area (Å²) < 4.78 is 16.8. The lowest BCUT2D eigenvalue weighted by Crippen LogP contribution is -2.30. The number of hydrogen-bond donors (Lipinski definition) is 0. The summed E-state index contributed by atoms with van der Waals surface area (Å²) in [5.41, 5.74) is 0. The van der Waals surface area contributed by atoms with Crippen molar-refractivity contribution < 1.29 is 28.6 Å². The Kier molecular flexibility index (Phi) is 58.1. The van der Waals surface area contributed by atoms with Crippen molar-refractivity contribution in [3.63, 3.8) is 0 Å². The van der Waals surface area contributed by atoms with E-state index in [1.54, 1.807) is 0 Å². The van der Waals surface area contributed by atoms with Gasteiger partial charge in [0.1, 0.15) is 13.2 Å². The van der Waals surface area contributed by atoms with Gasteiger partial charge in [0.05, 0.1) is 0 Å². The van der Waals surface area contributed by atoms with Gasteiger partial charge in [0, 0.05) is 19.3 Å². The second-order valence-electron chi connectivity index (χ2n) is 18.8. The molecule has 0 bridgehead atoms. The van der Waals surface area contributed by atoms with Gasteiger partial charge < -0.3 is 14.2 Å². The molecule has 0 saturated heterocycles. The minimum atomic E-state index is -0.860. The normalized spacial score (nSPS) is 13.5. The van der Waals surface area contributed by atoms with E-state index in [0.29, 0.717) is 19.3 Å². The fourth-order valence-corrected chi connectivity index (χ4v) is 7.23. The second-order valence-corrected chi connectivity index (χ2v) is 18.8. The third-order valence-electron chi connectivity index (χ3n) is 11.6. The fourth-order valence-electron chi connectivity index (χ4n) is 7.23. The molecule has 0 N–H and O–H groups in total. The molecule has 0 saturated carbocycles. The van der Waals surface area contributed by atoms with Gasteiger partial charge >= 0.3 is 17.9 Å². The largest absolute Gasteiger partial charge is 0.462 e. The molecule has 6 nitrogen and oxygen atoms in total. The minimum absolute atomic E-state index is 0.143. The van der Waals surface area contributed by atoms with Gasteiger partial charge in [-0.3, -0.25) is 14.4 Å². The smallest absolute Gasteiger partial charge is 0.306 e. The summed E-state index contributed by atoms with van der Waals surface area (Å²) in [6.45, 7) is 6.15. The molecule has 6 heteroatoms. The first-order chi connectivity index (χ1) is 38.0. The van der Waals surface area contributed by atoms with Crippen molar-refractivity contribution in [3.05, 3.63) is 194 Å². The van der Waals surface area contributed by atoms with Crippen LogP contribution in [0.2, 0.25) is 0 Å². The second kappa shape index (κ2) is 62.8. The molecule has 426 valence electrons. The maximum atomic E-state index is 12.9. The standard InChI is InChI=1S/C71H106O6/c1-4-7-10-13-16-19-22-25-28-31-33-34-35-36-38-40-43-46-49-52-55-58-61-64-70(73)76-67-68(66-75-69(72)63-60-57-54-51-48-45-42-39-30-27-24-21-18-15-12-9-6-3)77-71(74)65-62-59-56-53-50-47-44-41-37-32-29-26-23-20-17-14-11-8-5-2/h7-12,16-21,25-30,33-34,36-38,41-42,45,47,50-51,54,56,59,68H,4-6,13-15,22-24,31-32,35,39-40,43-44,46,48-49,52-53,55,57-58,60-67H2,1-3H3/b10-7-,11-8-,12-9-,19-16-,20-17-,21-18-,28-25-,29-26-,30-27-,34-33-,38-36-,41-37-,45-42-,50-47-,54-51-,59-56-. The van der Waals surface area contributed by atoms with Crippen molar-refractivity contribution in [2.24, 2.45) is 0 Å². The highest BCUT2D eigenvalue weighted by molar-refractivity contribution is 5.71. The van der Waals surface area contributed by atoms with E-state index in [1.165, 1.54) is 19.3 Å². The molecule has 0 aliphatic heterocycles. The molecule has 0 radical (unpaired) electrons. The maximum Gasteiger partial charge on any atom is 0.306 e. The first-order valence-electron chi connectivity index (χ1n) is 29.9. The molecule has 0 fully saturated rings. The van der Waals surface area contributed by atoms with Crippen molar-refractivity contribution in [2.75, 3.05) is 13.2 Å². The van der Waals surface area contributed by atoms with Crippen LogP contribution in [0.25, 0.3) is 0 Å². The van der Waals surface area contributed by atoms with Crippen molar-refractivity contribution in [1.29, 1.82) is 0 Å². The van der Waals surface area contributed by atoms with Crippen LogP contribution in [-0.2, 0) is 28.6 Å².